The van der Waals surface area contributed by atoms with Crippen LogP contribution < -0.4 is 4.74 Å². The summed E-state index contributed by atoms with van der Waals surface area (Å²) in [5.41, 5.74) is 1.45. The maximum atomic E-state index is 13.4. The van der Waals surface area contributed by atoms with Gasteiger partial charge in [0.15, 0.2) is 0 Å². The zero-order valence-electron chi connectivity index (χ0n) is 10.5. The van der Waals surface area contributed by atoms with E-state index in [1.165, 1.54) is 12.1 Å². The predicted molar refractivity (Wildman–Crippen MR) is 62.2 cm³/mol. The molecular weight excluding hydrogens is 279 g/mol. The van der Waals surface area contributed by atoms with Gasteiger partial charge in [0, 0.05) is 0 Å². The van der Waals surface area contributed by atoms with Crippen molar-refractivity contribution in [1.29, 1.82) is 0 Å². The molecule has 0 unspecified atom stereocenters. The van der Waals surface area contributed by atoms with Gasteiger partial charge in [-0.1, -0.05) is 6.07 Å². The molecule has 0 aliphatic rings. The van der Waals surface area contributed by atoms with Crippen molar-refractivity contribution in [2.75, 3.05) is 0 Å². The second-order valence-corrected chi connectivity index (χ2v) is 4.32. The molecule has 6 heteroatoms. The highest BCUT2D eigenvalue weighted by atomic mass is 19.2. The number of halogens is 5. The summed E-state index contributed by atoms with van der Waals surface area (Å²) in [6.45, 7) is 3.41. The SMILES string of the molecule is Cc1cc(C)cc(Oc2c(F)c(F)c(F)c(F)c2F)c1. The molecule has 1 nitrogen and oxygen atoms in total. The molecule has 0 saturated carbocycles. The molecule has 0 amide bonds. The van der Waals surface area contributed by atoms with Crippen molar-refractivity contribution < 1.29 is 26.7 Å². The van der Waals surface area contributed by atoms with Crippen molar-refractivity contribution in [3.8, 4) is 11.5 Å². The van der Waals surface area contributed by atoms with Crippen LogP contribution in [0.1, 0.15) is 11.1 Å². The lowest BCUT2D eigenvalue weighted by Crippen LogP contribution is -2.04. The van der Waals surface area contributed by atoms with Crippen LogP contribution in [0.2, 0.25) is 0 Å². The molecule has 0 radical (unpaired) electrons. The van der Waals surface area contributed by atoms with Crippen LogP contribution in [0.3, 0.4) is 0 Å². The van der Waals surface area contributed by atoms with Crippen molar-refractivity contribution in [3.05, 3.63) is 58.4 Å². The highest BCUT2D eigenvalue weighted by Crippen LogP contribution is 2.33. The molecule has 2 aromatic rings. The lowest BCUT2D eigenvalue weighted by atomic mass is 10.1. The number of benzene rings is 2. The van der Waals surface area contributed by atoms with E-state index < -0.39 is 34.8 Å². The minimum absolute atomic E-state index is 0.00860. The summed E-state index contributed by atoms with van der Waals surface area (Å²) in [6.07, 6.45) is 0. The smallest absolute Gasteiger partial charge is 0.207 e. The number of hydrogen-bond donors (Lipinski definition) is 0. The Morgan fingerprint density at radius 3 is 1.50 bits per heavy atom. The van der Waals surface area contributed by atoms with E-state index in [1.807, 2.05) is 0 Å². The van der Waals surface area contributed by atoms with E-state index in [0.29, 0.717) is 0 Å². The van der Waals surface area contributed by atoms with Crippen molar-refractivity contribution in [2.24, 2.45) is 0 Å². The van der Waals surface area contributed by atoms with Gasteiger partial charge in [-0.05, 0) is 37.1 Å². The molecule has 0 aromatic heterocycles. The highest BCUT2D eigenvalue weighted by molar-refractivity contribution is 5.38. The van der Waals surface area contributed by atoms with Gasteiger partial charge in [0.1, 0.15) is 5.75 Å². The van der Waals surface area contributed by atoms with Crippen LogP contribution in [0.25, 0.3) is 0 Å². The molecule has 0 saturated heterocycles. The Morgan fingerprint density at radius 1 is 0.650 bits per heavy atom. The molecule has 0 bridgehead atoms. The van der Waals surface area contributed by atoms with E-state index in [1.54, 1.807) is 19.9 Å². The fourth-order valence-corrected chi connectivity index (χ4v) is 1.78. The van der Waals surface area contributed by atoms with Crippen LogP contribution in [0.15, 0.2) is 18.2 Å². The average molecular weight is 288 g/mol. The number of ether oxygens (including phenoxy) is 1. The standard InChI is InChI=1S/C14H9F5O/c1-6-3-7(2)5-8(4-6)20-14-12(18)10(16)9(15)11(17)13(14)19/h3-5H,1-2H3. The zero-order valence-corrected chi connectivity index (χ0v) is 10.5. The number of aryl methyl sites for hydroxylation is 2. The van der Waals surface area contributed by atoms with Crippen molar-refractivity contribution in [3.63, 3.8) is 0 Å². The molecule has 2 aromatic carbocycles. The van der Waals surface area contributed by atoms with Gasteiger partial charge < -0.3 is 4.74 Å². The Labute approximate surface area is 111 Å². The van der Waals surface area contributed by atoms with Gasteiger partial charge in [-0.15, -0.1) is 0 Å². The lowest BCUT2D eigenvalue weighted by molar-refractivity contribution is 0.332. The first-order chi connectivity index (χ1) is 9.31. The van der Waals surface area contributed by atoms with Gasteiger partial charge in [-0.25, -0.2) is 13.2 Å². The van der Waals surface area contributed by atoms with Gasteiger partial charge in [-0.3, -0.25) is 0 Å². The summed E-state index contributed by atoms with van der Waals surface area (Å²) in [5.74, 6) is -11.6. The van der Waals surface area contributed by atoms with E-state index in [-0.39, 0.29) is 5.75 Å². The minimum Gasteiger partial charge on any atom is -0.451 e. The first-order valence-corrected chi connectivity index (χ1v) is 5.59. The van der Waals surface area contributed by atoms with E-state index in [0.717, 1.165) is 11.1 Å². The van der Waals surface area contributed by atoms with Crippen molar-refractivity contribution in [1.82, 2.24) is 0 Å². The van der Waals surface area contributed by atoms with Gasteiger partial charge in [0.05, 0.1) is 0 Å². The third-order valence-electron chi connectivity index (χ3n) is 2.58. The molecule has 0 atom stereocenters. The summed E-state index contributed by atoms with van der Waals surface area (Å²) in [5, 5.41) is 0. The molecule has 0 aliphatic carbocycles. The third kappa shape index (κ3) is 2.45. The zero-order chi connectivity index (χ0) is 15.0. The van der Waals surface area contributed by atoms with E-state index in [2.05, 4.69) is 0 Å². The Balaban J connectivity index is 2.54. The minimum atomic E-state index is -2.22. The fourth-order valence-electron chi connectivity index (χ4n) is 1.78. The fraction of sp³-hybridized carbons (Fsp3) is 0.143. The third-order valence-corrected chi connectivity index (χ3v) is 2.58. The Kier molecular flexibility index (Phi) is 3.65. The van der Waals surface area contributed by atoms with Gasteiger partial charge in [0.25, 0.3) is 0 Å². The number of rotatable bonds is 2. The second-order valence-electron chi connectivity index (χ2n) is 4.32. The Morgan fingerprint density at radius 2 is 1.05 bits per heavy atom. The van der Waals surface area contributed by atoms with Gasteiger partial charge in [-0.2, -0.15) is 8.78 Å². The van der Waals surface area contributed by atoms with Crippen LogP contribution in [0.5, 0.6) is 11.5 Å². The lowest BCUT2D eigenvalue weighted by Gasteiger charge is -2.11. The molecular formula is C14H9F5O. The maximum Gasteiger partial charge on any atom is 0.207 e. The van der Waals surface area contributed by atoms with E-state index in [9.17, 15) is 22.0 Å². The summed E-state index contributed by atoms with van der Waals surface area (Å²) in [4.78, 5) is 0. The van der Waals surface area contributed by atoms with Crippen LogP contribution in [-0.2, 0) is 0 Å². The second kappa shape index (κ2) is 5.11. The molecule has 106 valence electrons. The molecule has 0 heterocycles. The van der Waals surface area contributed by atoms with E-state index in [4.69, 9.17) is 4.74 Å². The average Bonchev–Trinajstić information content (AvgIpc) is 2.38. The van der Waals surface area contributed by atoms with Gasteiger partial charge >= 0.3 is 0 Å². The summed E-state index contributed by atoms with van der Waals surface area (Å²) in [6, 6.07) is 4.61. The quantitative estimate of drug-likeness (QED) is 0.438. The van der Waals surface area contributed by atoms with Gasteiger partial charge in [0.2, 0.25) is 34.8 Å². The van der Waals surface area contributed by atoms with Crippen LogP contribution >= 0.6 is 0 Å². The monoisotopic (exact) mass is 288 g/mol. The largest absolute Gasteiger partial charge is 0.451 e. The molecule has 20 heavy (non-hydrogen) atoms. The Bertz CT molecular complexity index is 632. The van der Waals surface area contributed by atoms with E-state index >= 15 is 0 Å². The first-order valence-electron chi connectivity index (χ1n) is 5.59. The van der Waals surface area contributed by atoms with Crippen LogP contribution in [0, 0.1) is 42.9 Å². The van der Waals surface area contributed by atoms with Crippen molar-refractivity contribution >= 4 is 0 Å². The Hall–Kier alpha value is -2.11. The molecule has 0 N–H and O–H groups in total. The van der Waals surface area contributed by atoms with Crippen LogP contribution in [-0.4, -0.2) is 0 Å². The highest BCUT2D eigenvalue weighted by Gasteiger charge is 2.27. The number of hydrogen-bond acceptors (Lipinski definition) is 1. The normalized spacial score (nSPS) is 10.8. The summed E-state index contributed by atoms with van der Waals surface area (Å²) in [7, 11) is 0. The topological polar surface area (TPSA) is 9.23 Å². The summed E-state index contributed by atoms with van der Waals surface area (Å²) >= 11 is 0. The molecule has 0 aliphatic heterocycles. The molecule has 0 fully saturated rings. The molecule has 2 rings (SSSR count). The van der Waals surface area contributed by atoms with Crippen molar-refractivity contribution in [2.45, 2.75) is 13.8 Å². The maximum absolute atomic E-state index is 13.4. The first kappa shape index (κ1) is 14.3. The molecule has 0 spiro atoms. The summed E-state index contributed by atoms with van der Waals surface area (Å²) < 4.78 is 70.6. The predicted octanol–water partition coefficient (Wildman–Crippen LogP) is 4.79. The van der Waals surface area contributed by atoms with Crippen LogP contribution in [0.4, 0.5) is 22.0 Å².